The Morgan fingerprint density at radius 1 is 0.526 bits per heavy atom. The maximum Gasteiger partial charge on any atom is 0.416 e. The summed E-state index contributed by atoms with van der Waals surface area (Å²) >= 11 is 0. The van der Waals surface area contributed by atoms with Crippen LogP contribution in [0.3, 0.4) is 0 Å². The van der Waals surface area contributed by atoms with E-state index >= 15 is 0 Å². The third-order valence-corrected chi connectivity index (χ3v) is 9.11. The Kier molecular flexibility index (Phi) is 8.29. The summed E-state index contributed by atoms with van der Waals surface area (Å²) in [5.74, 6) is 0. The zero-order chi connectivity index (χ0) is 27.5. The quantitative estimate of drug-likeness (QED) is 0.166. The van der Waals surface area contributed by atoms with E-state index in [2.05, 4.69) is 0 Å². The van der Waals surface area contributed by atoms with Crippen LogP contribution in [-0.2, 0) is 12.4 Å². The number of halogens is 6. The summed E-state index contributed by atoms with van der Waals surface area (Å²) in [6.45, 7) is 3.87. The monoisotopic (exact) mass is 545 g/mol. The van der Waals surface area contributed by atoms with E-state index in [1.807, 2.05) is 79.2 Å². The van der Waals surface area contributed by atoms with E-state index < -0.39 is 31.6 Å². The molecule has 0 bridgehead atoms. The Balaban J connectivity index is 1.98. The molecule has 0 amide bonds. The molecule has 0 spiro atoms. The lowest BCUT2D eigenvalue weighted by Gasteiger charge is -2.42. The molecule has 4 aromatic rings. The van der Waals surface area contributed by atoms with Crippen molar-refractivity contribution in [3.05, 3.63) is 131 Å². The normalized spacial score (nSPS) is 14.1. The summed E-state index contributed by atoms with van der Waals surface area (Å²) in [4.78, 5) is 0. The standard InChI is InChI=1S/C30H26F6NP/c1-21(23-11-5-3-6-12-23)37(22(2)24-13-7-4-8-14-24)38(27-17-9-15-25(19-27)29(31,32)33)28-18-10-16-26(20-28)30(34,35)36/h3-22H,1-2H3/t21-,22-/m0/s1. The van der Waals surface area contributed by atoms with Crippen LogP contribution >= 0.6 is 8.07 Å². The van der Waals surface area contributed by atoms with E-state index in [0.717, 1.165) is 35.4 Å². The molecule has 4 aromatic carbocycles. The van der Waals surface area contributed by atoms with Crippen LogP contribution in [0, 0.1) is 0 Å². The minimum Gasteiger partial charge on any atom is -0.261 e. The third-order valence-electron chi connectivity index (χ3n) is 6.42. The Bertz CT molecular complexity index is 1240. The molecule has 38 heavy (non-hydrogen) atoms. The Morgan fingerprint density at radius 3 is 1.24 bits per heavy atom. The van der Waals surface area contributed by atoms with Gasteiger partial charge in [0.05, 0.1) is 11.1 Å². The lowest BCUT2D eigenvalue weighted by atomic mass is 10.0. The smallest absolute Gasteiger partial charge is 0.261 e. The average Bonchev–Trinajstić information content (AvgIpc) is 2.91. The fourth-order valence-electron chi connectivity index (χ4n) is 4.49. The number of rotatable bonds is 7. The van der Waals surface area contributed by atoms with Gasteiger partial charge in [-0.25, -0.2) is 0 Å². The number of nitrogens with zero attached hydrogens (tertiary/aromatic N) is 1. The van der Waals surface area contributed by atoms with Gasteiger partial charge in [0.2, 0.25) is 0 Å². The molecule has 8 heteroatoms. The van der Waals surface area contributed by atoms with Crippen LogP contribution in [0.2, 0.25) is 0 Å². The molecule has 0 unspecified atom stereocenters. The summed E-state index contributed by atoms with van der Waals surface area (Å²) in [7, 11) is -1.83. The van der Waals surface area contributed by atoms with Crippen LogP contribution in [0.1, 0.15) is 48.2 Å². The summed E-state index contributed by atoms with van der Waals surface area (Å²) in [5.41, 5.74) is 0.131. The fourth-order valence-corrected chi connectivity index (χ4v) is 7.26. The van der Waals surface area contributed by atoms with Gasteiger partial charge in [-0.3, -0.25) is 4.67 Å². The van der Waals surface area contributed by atoms with E-state index in [4.69, 9.17) is 0 Å². The minimum atomic E-state index is -4.59. The molecule has 2 atom stereocenters. The van der Waals surface area contributed by atoms with Crippen LogP contribution in [-0.4, -0.2) is 4.67 Å². The van der Waals surface area contributed by atoms with Crippen molar-refractivity contribution in [1.29, 1.82) is 0 Å². The molecule has 198 valence electrons. The van der Waals surface area contributed by atoms with Crippen LogP contribution in [0.4, 0.5) is 26.3 Å². The maximum atomic E-state index is 13.7. The molecule has 1 nitrogen and oxygen atoms in total. The molecule has 0 aromatic heterocycles. The van der Waals surface area contributed by atoms with Crippen LogP contribution in [0.5, 0.6) is 0 Å². The molecule has 0 aliphatic heterocycles. The lowest BCUT2D eigenvalue weighted by molar-refractivity contribution is -0.138. The highest BCUT2D eigenvalue weighted by molar-refractivity contribution is 7.70. The van der Waals surface area contributed by atoms with Gasteiger partial charge in [0.25, 0.3) is 0 Å². The van der Waals surface area contributed by atoms with Crippen molar-refractivity contribution < 1.29 is 26.3 Å². The van der Waals surface area contributed by atoms with Crippen molar-refractivity contribution in [2.45, 2.75) is 38.3 Å². The van der Waals surface area contributed by atoms with Crippen molar-refractivity contribution in [2.24, 2.45) is 0 Å². The van der Waals surface area contributed by atoms with Gasteiger partial charge < -0.3 is 0 Å². The molecule has 0 heterocycles. The molecule has 0 aliphatic rings. The van der Waals surface area contributed by atoms with Crippen molar-refractivity contribution in [3.8, 4) is 0 Å². The van der Waals surface area contributed by atoms with E-state index in [1.165, 1.54) is 12.1 Å². The predicted molar refractivity (Wildman–Crippen MR) is 141 cm³/mol. The highest BCUT2D eigenvalue weighted by Gasteiger charge is 2.37. The molecule has 0 saturated heterocycles. The second-order valence-corrected chi connectivity index (χ2v) is 11.1. The predicted octanol–water partition coefficient (Wildman–Crippen LogP) is 8.90. The molecule has 0 aliphatic carbocycles. The first-order chi connectivity index (χ1) is 18.0. The van der Waals surface area contributed by atoms with Crippen LogP contribution in [0.15, 0.2) is 109 Å². The van der Waals surface area contributed by atoms with Crippen molar-refractivity contribution >= 4 is 18.7 Å². The SMILES string of the molecule is C[C@@H](c1ccccc1)N([C@@H](C)c1ccccc1)P(c1cccc(C(F)(F)F)c1)c1cccc(C(F)(F)F)c1. The summed E-state index contributed by atoms with van der Waals surface area (Å²) < 4.78 is 84.5. The first-order valence-corrected chi connectivity index (χ1v) is 13.3. The molecular weight excluding hydrogens is 519 g/mol. The maximum absolute atomic E-state index is 13.7. The van der Waals surface area contributed by atoms with E-state index in [1.54, 1.807) is 12.1 Å². The van der Waals surface area contributed by atoms with Gasteiger partial charge in [-0.2, -0.15) is 26.3 Å². The second-order valence-electron chi connectivity index (χ2n) is 8.96. The number of benzene rings is 4. The van der Waals surface area contributed by atoms with Gasteiger partial charge in [-0.05, 0) is 59.8 Å². The van der Waals surface area contributed by atoms with Crippen molar-refractivity contribution in [2.75, 3.05) is 0 Å². The summed E-state index contributed by atoms with van der Waals surface area (Å²) in [6.07, 6.45) is -9.18. The zero-order valence-corrected chi connectivity index (χ0v) is 21.6. The lowest BCUT2D eigenvalue weighted by Crippen LogP contribution is -2.34. The topological polar surface area (TPSA) is 3.24 Å². The third kappa shape index (κ3) is 6.28. The van der Waals surface area contributed by atoms with Crippen molar-refractivity contribution in [3.63, 3.8) is 0 Å². The molecule has 0 N–H and O–H groups in total. The average molecular weight is 546 g/mol. The van der Waals surface area contributed by atoms with Gasteiger partial charge >= 0.3 is 12.4 Å². The first-order valence-electron chi connectivity index (χ1n) is 12.0. The highest BCUT2D eigenvalue weighted by Crippen LogP contribution is 2.51. The second kappa shape index (κ2) is 11.3. The van der Waals surface area contributed by atoms with Crippen LogP contribution < -0.4 is 10.6 Å². The highest BCUT2D eigenvalue weighted by atomic mass is 31.1. The molecule has 0 saturated carbocycles. The van der Waals surface area contributed by atoms with Gasteiger partial charge in [0.15, 0.2) is 0 Å². The van der Waals surface area contributed by atoms with Gasteiger partial charge in [-0.15, -0.1) is 0 Å². The largest absolute Gasteiger partial charge is 0.416 e. The van der Waals surface area contributed by atoms with Gasteiger partial charge in [0, 0.05) is 20.2 Å². The zero-order valence-electron chi connectivity index (χ0n) is 20.7. The minimum absolute atomic E-state index is 0.319. The number of alkyl halides is 6. The Hall–Kier alpha value is -3.15. The van der Waals surface area contributed by atoms with Crippen molar-refractivity contribution in [1.82, 2.24) is 4.67 Å². The number of hydrogen-bond donors (Lipinski definition) is 0. The molecule has 0 radical (unpaired) electrons. The number of hydrogen-bond acceptors (Lipinski definition) is 1. The van der Waals surface area contributed by atoms with E-state index in [9.17, 15) is 26.3 Å². The Morgan fingerprint density at radius 2 is 0.895 bits per heavy atom. The van der Waals surface area contributed by atoms with Gasteiger partial charge in [-0.1, -0.05) is 84.9 Å². The molecule has 0 fully saturated rings. The van der Waals surface area contributed by atoms with E-state index in [0.29, 0.717) is 10.6 Å². The molecular formula is C30H26F6NP. The summed E-state index contributed by atoms with van der Waals surface area (Å²) in [5, 5.41) is 0.638. The van der Waals surface area contributed by atoms with E-state index in [-0.39, 0.29) is 12.1 Å². The first kappa shape index (κ1) is 27.9. The van der Waals surface area contributed by atoms with Crippen LogP contribution in [0.25, 0.3) is 0 Å². The molecule has 4 rings (SSSR count). The summed E-state index contributed by atoms with van der Waals surface area (Å²) in [6, 6.07) is 28.1. The van der Waals surface area contributed by atoms with Gasteiger partial charge in [0.1, 0.15) is 0 Å². The fraction of sp³-hybridized carbons (Fsp3) is 0.200. The Labute approximate surface area is 219 Å².